The standard InChI is InChI=1S/C17H18N6O2/c1-11-15-16(20-21-17(15)23(2)22-11)19-14(25)10-18-13(24)9-8-12-6-4-3-5-7-12/h3-9H,10H2,1-2H3,(H,18,24)(H2,19,20,21,25)/b9-8-. The van der Waals surface area contributed by atoms with E-state index in [2.05, 4.69) is 25.9 Å². The van der Waals surface area contributed by atoms with Crippen LogP contribution in [0.15, 0.2) is 36.4 Å². The molecule has 0 fully saturated rings. The van der Waals surface area contributed by atoms with Gasteiger partial charge in [-0.3, -0.25) is 14.7 Å². The van der Waals surface area contributed by atoms with Crippen LogP contribution in [0.4, 0.5) is 5.82 Å². The molecule has 0 spiro atoms. The molecule has 2 amide bonds. The zero-order chi connectivity index (χ0) is 17.8. The van der Waals surface area contributed by atoms with Gasteiger partial charge in [-0.25, -0.2) is 4.68 Å². The molecule has 2 heterocycles. The fraction of sp³-hybridized carbons (Fsp3) is 0.176. The number of nitrogens with zero attached hydrogens (tertiary/aromatic N) is 3. The summed E-state index contributed by atoms with van der Waals surface area (Å²) in [7, 11) is 1.78. The SMILES string of the molecule is Cc1nn(C)c2n[nH]c(NC(=O)CNC(=O)/C=C\c3ccccc3)c12. The van der Waals surface area contributed by atoms with Crippen LogP contribution in [0.1, 0.15) is 11.3 Å². The third-order valence-electron chi connectivity index (χ3n) is 3.63. The normalized spacial score (nSPS) is 11.1. The lowest BCUT2D eigenvalue weighted by Crippen LogP contribution is -2.31. The van der Waals surface area contributed by atoms with E-state index in [4.69, 9.17) is 0 Å². The molecule has 25 heavy (non-hydrogen) atoms. The van der Waals surface area contributed by atoms with Gasteiger partial charge in [0.1, 0.15) is 5.82 Å². The van der Waals surface area contributed by atoms with Crippen LogP contribution in [-0.2, 0) is 16.6 Å². The van der Waals surface area contributed by atoms with E-state index in [1.165, 1.54) is 6.08 Å². The Morgan fingerprint density at radius 3 is 2.80 bits per heavy atom. The Morgan fingerprint density at radius 1 is 1.28 bits per heavy atom. The minimum absolute atomic E-state index is 0.141. The molecule has 0 atom stereocenters. The van der Waals surface area contributed by atoms with Gasteiger partial charge in [0.2, 0.25) is 11.8 Å². The number of fused-ring (bicyclic) bond motifs is 1. The molecule has 3 rings (SSSR count). The van der Waals surface area contributed by atoms with Crippen LogP contribution in [-0.4, -0.2) is 38.3 Å². The Hall–Kier alpha value is -3.42. The van der Waals surface area contributed by atoms with Gasteiger partial charge in [-0.05, 0) is 18.6 Å². The van der Waals surface area contributed by atoms with Crippen LogP contribution in [0.5, 0.6) is 0 Å². The van der Waals surface area contributed by atoms with Crippen molar-refractivity contribution >= 4 is 34.7 Å². The van der Waals surface area contributed by atoms with Gasteiger partial charge in [0.25, 0.3) is 0 Å². The molecule has 0 aliphatic rings. The summed E-state index contributed by atoms with van der Waals surface area (Å²) in [6.07, 6.45) is 3.08. The van der Waals surface area contributed by atoms with E-state index in [1.54, 1.807) is 17.8 Å². The molecule has 8 heteroatoms. The Morgan fingerprint density at radius 2 is 2.04 bits per heavy atom. The largest absolute Gasteiger partial charge is 0.343 e. The van der Waals surface area contributed by atoms with E-state index in [9.17, 15) is 9.59 Å². The van der Waals surface area contributed by atoms with Crippen molar-refractivity contribution in [3.05, 3.63) is 47.7 Å². The molecule has 0 bridgehead atoms. The van der Waals surface area contributed by atoms with Crippen LogP contribution in [0.2, 0.25) is 0 Å². The van der Waals surface area contributed by atoms with Gasteiger partial charge in [0, 0.05) is 13.1 Å². The highest BCUT2D eigenvalue weighted by Gasteiger charge is 2.15. The first kappa shape index (κ1) is 16.4. The van der Waals surface area contributed by atoms with Crippen molar-refractivity contribution in [2.24, 2.45) is 7.05 Å². The van der Waals surface area contributed by atoms with E-state index in [0.717, 1.165) is 16.6 Å². The number of anilines is 1. The molecule has 0 aliphatic carbocycles. The number of rotatable bonds is 5. The number of nitrogens with one attached hydrogen (secondary N) is 3. The first-order chi connectivity index (χ1) is 12.0. The first-order valence-electron chi connectivity index (χ1n) is 7.73. The van der Waals surface area contributed by atoms with Gasteiger partial charge in [-0.15, -0.1) is 0 Å². The lowest BCUT2D eigenvalue weighted by atomic mass is 10.2. The average Bonchev–Trinajstić information content (AvgIpc) is 3.14. The predicted octanol–water partition coefficient (Wildman–Crippen LogP) is 1.37. The monoisotopic (exact) mass is 338 g/mol. The molecule has 0 saturated carbocycles. The molecule has 8 nitrogen and oxygen atoms in total. The maximum absolute atomic E-state index is 12.0. The average molecular weight is 338 g/mol. The van der Waals surface area contributed by atoms with E-state index < -0.39 is 0 Å². The highest BCUT2D eigenvalue weighted by Crippen LogP contribution is 2.22. The van der Waals surface area contributed by atoms with Crippen molar-refractivity contribution in [1.29, 1.82) is 0 Å². The second-order valence-electron chi connectivity index (χ2n) is 5.52. The molecule has 0 unspecified atom stereocenters. The van der Waals surface area contributed by atoms with Gasteiger partial charge in [-0.2, -0.15) is 10.2 Å². The van der Waals surface area contributed by atoms with Crippen LogP contribution < -0.4 is 10.6 Å². The number of benzene rings is 1. The predicted molar refractivity (Wildman–Crippen MR) is 94.7 cm³/mol. The fourth-order valence-corrected chi connectivity index (χ4v) is 2.47. The molecular formula is C17H18N6O2. The topological polar surface area (TPSA) is 105 Å². The Kier molecular flexibility index (Phi) is 4.60. The summed E-state index contributed by atoms with van der Waals surface area (Å²) >= 11 is 0. The lowest BCUT2D eigenvalue weighted by molar-refractivity contribution is -0.121. The smallest absolute Gasteiger partial charge is 0.244 e. The molecular weight excluding hydrogens is 320 g/mol. The molecule has 3 aromatic rings. The molecule has 2 aromatic heterocycles. The zero-order valence-electron chi connectivity index (χ0n) is 13.9. The summed E-state index contributed by atoms with van der Waals surface area (Å²) in [5.74, 6) is -0.221. The second kappa shape index (κ2) is 7.00. The van der Waals surface area contributed by atoms with E-state index in [1.807, 2.05) is 37.3 Å². The number of carbonyl (C=O) groups is 2. The van der Waals surface area contributed by atoms with Gasteiger partial charge >= 0.3 is 0 Å². The molecule has 1 aromatic carbocycles. The van der Waals surface area contributed by atoms with Crippen molar-refractivity contribution < 1.29 is 9.59 Å². The Labute approximate surface area is 143 Å². The third-order valence-corrected chi connectivity index (χ3v) is 3.63. The van der Waals surface area contributed by atoms with Crippen molar-refractivity contribution in [3.8, 4) is 0 Å². The summed E-state index contributed by atoms with van der Waals surface area (Å²) in [5.41, 5.74) is 2.33. The minimum atomic E-state index is -0.352. The highest BCUT2D eigenvalue weighted by molar-refractivity contribution is 6.02. The minimum Gasteiger partial charge on any atom is -0.343 e. The summed E-state index contributed by atoms with van der Waals surface area (Å²) in [6, 6.07) is 9.44. The highest BCUT2D eigenvalue weighted by atomic mass is 16.2. The number of hydrogen-bond acceptors (Lipinski definition) is 4. The Bertz CT molecular complexity index is 939. The lowest BCUT2D eigenvalue weighted by Gasteiger charge is -2.03. The molecule has 0 radical (unpaired) electrons. The van der Waals surface area contributed by atoms with Gasteiger partial charge in [0.05, 0.1) is 17.6 Å². The van der Waals surface area contributed by atoms with E-state index >= 15 is 0 Å². The van der Waals surface area contributed by atoms with Crippen LogP contribution in [0, 0.1) is 6.92 Å². The number of H-pyrrole nitrogens is 1. The quantitative estimate of drug-likeness (QED) is 0.611. The number of carbonyl (C=O) groups excluding carboxylic acids is 2. The van der Waals surface area contributed by atoms with Gasteiger partial charge in [0.15, 0.2) is 5.65 Å². The second-order valence-corrected chi connectivity index (χ2v) is 5.52. The Balaban J connectivity index is 1.55. The van der Waals surface area contributed by atoms with Crippen LogP contribution >= 0.6 is 0 Å². The summed E-state index contributed by atoms with van der Waals surface area (Å²) < 4.78 is 1.63. The molecule has 128 valence electrons. The van der Waals surface area contributed by atoms with E-state index in [0.29, 0.717) is 11.5 Å². The zero-order valence-corrected chi connectivity index (χ0v) is 13.9. The number of amides is 2. The number of hydrogen-bond donors (Lipinski definition) is 3. The number of aromatic amines is 1. The van der Waals surface area contributed by atoms with Crippen LogP contribution in [0.25, 0.3) is 17.1 Å². The van der Waals surface area contributed by atoms with Gasteiger partial charge < -0.3 is 10.6 Å². The van der Waals surface area contributed by atoms with Gasteiger partial charge in [-0.1, -0.05) is 30.3 Å². The van der Waals surface area contributed by atoms with Crippen LogP contribution in [0.3, 0.4) is 0 Å². The van der Waals surface area contributed by atoms with Crippen molar-refractivity contribution in [2.75, 3.05) is 11.9 Å². The number of aryl methyl sites for hydroxylation is 2. The summed E-state index contributed by atoms with van der Waals surface area (Å²) in [4.78, 5) is 23.8. The van der Waals surface area contributed by atoms with Crippen molar-refractivity contribution in [2.45, 2.75) is 6.92 Å². The molecule has 0 aliphatic heterocycles. The van der Waals surface area contributed by atoms with Crippen molar-refractivity contribution in [1.82, 2.24) is 25.3 Å². The van der Waals surface area contributed by atoms with Crippen molar-refractivity contribution in [3.63, 3.8) is 0 Å². The summed E-state index contributed by atoms with van der Waals surface area (Å²) in [5, 5.41) is 17.1. The third kappa shape index (κ3) is 3.74. The van der Waals surface area contributed by atoms with E-state index in [-0.39, 0.29) is 18.4 Å². The number of aromatic nitrogens is 4. The maximum Gasteiger partial charge on any atom is 0.244 e. The maximum atomic E-state index is 12.0. The fourth-order valence-electron chi connectivity index (χ4n) is 2.47. The first-order valence-corrected chi connectivity index (χ1v) is 7.73. The molecule has 0 saturated heterocycles. The summed E-state index contributed by atoms with van der Waals surface area (Å²) in [6.45, 7) is 1.70. The molecule has 3 N–H and O–H groups in total.